The van der Waals surface area contributed by atoms with Crippen molar-refractivity contribution in [1.82, 2.24) is 0 Å². The molecular weight excluding hydrogens is 651 g/mol. The lowest BCUT2D eigenvalue weighted by Crippen LogP contribution is -2.69. The van der Waals surface area contributed by atoms with E-state index in [9.17, 15) is 44.6 Å². The van der Waals surface area contributed by atoms with Gasteiger partial charge in [0.1, 0.15) is 25.9 Å². The summed E-state index contributed by atoms with van der Waals surface area (Å²) >= 11 is 0. The Morgan fingerprint density at radius 2 is 1.76 bits per heavy atom. The van der Waals surface area contributed by atoms with Crippen LogP contribution in [0.5, 0.6) is 0 Å². The van der Waals surface area contributed by atoms with Crippen molar-refractivity contribution in [2.24, 2.45) is 28.4 Å². The highest BCUT2D eigenvalue weighted by Gasteiger charge is 2.76. The van der Waals surface area contributed by atoms with E-state index in [1.165, 1.54) is 31.2 Å². The molecule has 3 unspecified atom stereocenters. The van der Waals surface area contributed by atoms with Gasteiger partial charge in [0.15, 0.2) is 23.7 Å². The number of halogens is 1. The molecule has 9 atom stereocenters. The number of nitrogens with zero attached hydrogens (tertiary/aromatic N) is 1. The van der Waals surface area contributed by atoms with E-state index in [1.54, 1.807) is 25.1 Å². The van der Waals surface area contributed by atoms with E-state index in [1.807, 2.05) is 0 Å². The lowest BCUT2D eigenvalue weighted by atomic mass is 9.44. The van der Waals surface area contributed by atoms with Crippen molar-refractivity contribution in [1.29, 1.82) is 0 Å². The van der Waals surface area contributed by atoms with Crippen molar-refractivity contribution >= 4 is 23.7 Å². The molecule has 3 fully saturated rings. The summed E-state index contributed by atoms with van der Waals surface area (Å²) in [6.45, 7) is 0.672. The number of aliphatic hydroxyl groups excluding tert-OH is 2. The number of ketones is 2. The van der Waals surface area contributed by atoms with Gasteiger partial charge >= 0.3 is 12.1 Å². The van der Waals surface area contributed by atoms with Gasteiger partial charge < -0.3 is 40.1 Å². The zero-order valence-electron chi connectivity index (χ0n) is 26.9. The topological polar surface area (TPSA) is 235 Å². The lowest BCUT2D eigenvalue weighted by Gasteiger charge is -2.62. The second kappa shape index (κ2) is 13.2. The molecule has 5 rings (SSSR count). The molecule has 5 N–H and O–H groups in total. The normalized spacial score (nSPS) is 35.2. The van der Waals surface area contributed by atoms with Crippen LogP contribution >= 0.6 is 0 Å². The molecule has 4 aliphatic carbocycles. The zero-order chi connectivity index (χ0) is 35.9. The molecule has 266 valence electrons. The minimum Gasteiger partial charge on any atom is -0.456 e. The van der Waals surface area contributed by atoms with Crippen LogP contribution in [0.4, 0.5) is 9.18 Å². The first-order valence-corrected chi connectivity index (χ1v) is 15.8. The van der Waals surface area contributed by atoms with Crippen LogP contribution in [0.1, 0.15) is 50.7 Å². The van der Waals surface area contributed by atoms with E-state index in [2.05, 4.69) is 4.84 Å². The second-order valence-electron chi connectivity index (χ2n) is 13.5. The van der Waals surface area contributed by atoms with Gasteiger partial charge in [0, 0.05) is 16.7 Å². The number of Topliss-reactive ketones (excluding diaryl/α,β-unsaturated/α-hetero) is 1. The van der Waals surface area contributed by atoms with Crippen molar-refractivity contribution in [3.63, 3.8) is 0 Å². The first-order chi connectivity index (χ1) is 23.0. The number of esters is 1. The number of hydrogen-bond donors (Lipinski definition) is 4. The Kier molecular flexibility index (Phi) is 9.73. The second-order valence-corrected chi connectivity index (χ2v) is 13.5. The average molecular weight is 691 g/mol. The molecule has 0 heterocycles. The maximum absolute atomic E-state index is 17.3. The van der Waals surface area contributed by atoms with E-state index < -0.39 is 94.8 Å². The van der Waals surface area contributed by atoms with Crippen LogP contribution in [0.3, 0.4) is 0 Å². The van der Waals surface area contributed by atoms with Gasteiger partial charge in [-0.2, -0.15) is 0 Å². The molecule has 0 saturated heterocycles. The largest absolute Gasteiger partial charge is 0.508 e. The molecular formula is C33H39FN2O13. The maximum Gasteiger partial charge on any atom is 0.508 e. The number of allylic oxidation sites excluding steroid dienone is 4. The van der Waals surface area contributed by atoms with E-state index >= 15 is 4.39 Å². The number of fused-ring (bicyclic) bond motifs is 5. The third kappa shape index (κ3) is 6.00. The summed E-state index contributed by atoms with van der Waals surface area (Å²) in [6, 6.07) is 4.73. The minimum atomic E-state index is -2.51. The lowest BCUT2D eigenvalue weighted by molar-refractivity contribution is -0.763. The van der Waals surface area contributed by atoms with Gasteiger partial charge in [0.05, 0.1) is 12.2 Å². The summed E-state index contributed by atoms with van der Waals surface area (Å²) < 4.78 is 32.1. The highest BCUT2D eigenvalue weighted by molar-refractivity contribution is 6.01. The fourth-order valence-electron chi connectivity index (χ4n) is 8.45. The van der Waals surface area contributed by atoms with Crippen LogP contribution in [0.15, 0.2) is 48.1 Å². The number of aliphatic hydroxyl groups is 3. The summed E-state index contributed by atoms with van der Waals surface area (Å²) in [4.78, 5) is 65.1. The molecule has 0 aliphatic heterocycles. The third-order valence-electron chi connectivity index (χ3n) is 11.1. The highest BCUT2D eigenvalue weighted by Crippen LogP contribution is 2.69. The molecule has 0 spiro atoms. The van der Waals surface area contributed by atoms with Gasteiger partial charge in [-0.3, -0.25) is 14.4 Å². The minimum absolute atomic E-state index is 0.157. The summed E-state index contributed by atoms with van der Waals surface area (Å²) in [7, 11) is 0. The molecule has 15 nitrogen and oxygen atoms in total. The van der Waals surface area contributed by atoms with Crippen LogP contribution in [0.25, 0.3) is 0 Å². The van der Waals surface area contributed by atoms with Crippen LogP contribution in [0.2, 0.25) is 0 Å². The van der Waals surface area contributed by atoms with Crippen molar-refractivity contribution in [2.75, 3.05) is 13.2 Å². The molecule has 0 amide bonds. The monoisotopic (exact) mass is 690 g/mol. The average Bonchev–Trinajstić information content (AvgIpc) is 3.26. The number of carbonyl (C=O) groups is 4. The number of benzene rings is 1. The van der Waals surface area contributed by atoms with Gasteiger partial charge in [0.25, 0.3) is 5.09 Å². The summed E-state index contributed by atoms with van der Waals surface area (Å²) in [5.74, 6) is -4.16. The van der Waals surface area contributed by atoms with Crippen LogP contribution in [0, 0.1) is 32.8 Å². The predicted octanol–water partition coefficient (Wildman–Crippen LogP) is 1.56. The van der Waals surface area contributed by atoms with Crippen LogP contribution in [-0.2, 0) is 46.6 Å². The van der Waals surface area contributed by atoms with Crippen molar-refractivity contribution < 1.29 is 63.0 Å². The summed E-state index contributed by atoms with van der Waals surface area (Å²) in [6.07, 6.45) is -0.440. The molecule has 0 radical (unpaired) electrons. The van der Waals surface area contributed by atoms with Gasteiger partial charge in [-0.05, 0) is 61.8 Å². The number of hydrogen-bond acceptors (Lipinski definition) is 14. The van der Waals surface area contributed by atoms with Crippen molar-refractivity contribution in [3.05, 3.63) is 69.3 Å². The predicted molar refractivity (Wildman–Crippen MR) is 163 cm³/mol. The van der Waals surface area contributed by atoms with Gasteiger partial charge in [0.2, 0.25) is 5.78 Å². The van der Waals surface area contributed by atoms with Gasteiger partial charge in [-0.1, -0.05) is 42.8 Å². The number of rotatable bonds is 11. The van der Waals surface area contributed by atoms with Gasteiger partial charge in [-0.25, -0.2) is 9.18 Å². The van der Waals surface area contributed by atoms with E-state index in [0.717, 1.165) is 0 Å². The fourth-order valence-corrected chi connectivity index (χ4v) is 8.45. The molecule has 3 saturated carbocycles. The fraction of sp³-hybridized carbons (Fsp3) is 0.576. The Labute approximate surface area is 279 Å². The van der Waals surface area contributed by atoms with Crippen molar-refractivity contribution in [2.45, 2.75) is 82.3 Å². The summed E-state index contributed by atoms with van der Waals surface area (Å²) in [5.41, 5.74) is -0.479. The number of ether oxygens (including phenoxy) is 3. The maximum atomic E-state index is 17.3. The smallest absolute Gasteiger partial charge is 0.456 e. The van der Waals surface area contributed by atoms with E-state index in [-0.39, 0.29) is 31.8 Å². The standard InChI is InChI=1S/C33H39FN2O13/c1-30-10-9-21(37)11-20(30)7-8-22-23-12-25(38)33(43,31(23,2)13-26(39)32(22,30)34)27(40)17-46-28(41)24(35)16-48-29(42)47-14-18-5-3-4-6-19(18)15-49-36(44)45/h3-6,9-11,22-26,38-39,43H,7-8,12-17,35H2,1-2H3/t22?,23?,24?,25-,26+,30+,31+,32+,33+/m1/s1. The van der Waals surface area contributed by atoms with Crippen LogP contribution in [-0.4, -0.2) is 86.8 Å². The van der Waals surface area contributed by atoms with E-state index in [4.69, 9.17) is 19.9 Å². The molecule has 1 aromatic rings. The molecule has 16 heteroatoms. The SMILES string of the molecule is C[C@]12C=CC(=O)C=C1CCC1C3C[C@@H](O)[C@](O)(C(=O)COC(=O)C(N)COC(=O)OCc4ccccc4CO[N+](=O)[O-])[C@@]3(C)C[C@H](O)[C@@]12F. The number of carbonyl (C=O) groups excluding carboxylic acids is 4. The quantitative estimate of drug-likeness (QED) is 0.147. The van der Waals surface area contributed by atoms with Crippen LogP contribution < -0.4 is 5.73 Å². The van der Waals surface area contributed by atoms with E-state index in [0.29, 0.717) is 23.1 Å². The molecule has 1 aromatic carbocycles. The number of nitrogens with two attached hydrogens (primary N) is 1. The Hall–Kier alpha value is -4.25. The third-order valence-corrected chi connectivity index (χ3v) is 11.1. The van der Waals surface area contributed by atoms with Crippen molar-refractivity contribution in [3.8, 4) is 0 Å². The number of alkyl halides is 1. The molecule has 49 heavy (non-hydrogen) atoms. The molecule has 0 bridgehead atoms. The molecule has 0 aromatic heterocycles. The molecule has 4 aliphatic rings. The first-order valence-electron chi connectivity index (χ1n) is 15.8. The first kappa shape index (κ1) is 36.0. The van der Waals surface area contributed by atoms with Gasteiger partial charge in [-0.15, -0.1) is 10.1 Å². The zero-order valence-corrected chi connectivity index (χ0v) is 26.9. The Bertz CT molecular complexity index is 1600. The Morgan fingerprint density at radius 3 is 2.43 bits per heavy atom. The highest BCUT2D eigenvalue weighted by atomic mass is 19.1. The Balaban J connectivity index is 1.18. The summed E-state index contributed by atoms with van der Waals surface area (Å²) in [5, 5.41) is 43.8. The Morgan fingerprint density at radius 1 is 1.08 bits per heavy atom.